The molecule has 0 amide bonds. The molecule has 7 heteroatoms. The van der Waals surface area contributed by atoms with Gasteiger partial charge in [0.25, 0.3) is 5.56 Å². The van der Waals surface area contributed by atoms with Crippen molar-refractivity contribution in [3.63, 3.8) is 0 Å². The second kappa shape index (κ2) is 7.53. The minimum atomic E-state index is -0.0862. The molecule has 134 valence electrons. The van der Waals surface area contributed by atoms with E-state index in [-0.39, 0.29) is 5.56 Å². The number of piperazine rings is 1. The highest BCUT2D eigenvalue weighted by Crippen LogP contribution is 2.14. The van der Waals surface area contributed by atoms with Gasteiger partial charge in [-0.15, -0.1) is 5.10 Å². The lowest BCUT2D eigenvalue weighted by atomic mass is 10.2. The molecule has 1 aliphatic heterocycles. The molecule has 4 rings (SSSR count). The van der Waals surface area contributed by atoms with E-state index < -0.39 is 0 Å². The lowest BCUT2D eigenvalue weighted by Gasteiger charge is -2.34. The van der Waals surface area contributed by atoms with Crippen LogP contribution in [0, 0.1) is 0 Å². The average molecular weight is 370 g/mol. The molecule has 0 saturated carbocycles. The highest BCUT2D eigenvalue weighted by molar-refractivity contribution is 6.30. The van der Waals surface area contributed by atoms with Gasteiger partial charge in [-0.3, -0.25) is 14.6 Å². The first-order valence-corrected chi connectivity index (χ1v) is 9.08. The van der Waals surface area contributed by atoms with Gasteiger partial charge in [0.05, 0.1) is 12.1 Å². The monoisotopic (exact) mass is 369 g/mol. The molecule has 0 spiro atoms. The summed E-state index contributed by atoms with van der Waals surface area (Å²) < 4.78 is 1.45. The molecule has 1 aliphatic rings. The Labute approximate surface area is 156 Å². The molecule has 3 aromatic rings. The van der Waals surface area contributed by atoms with Crippen molar-refractivity contribution in [1.29, 1.82) is 0 Å². The molecule has 1 fully saturated rings. The summed E-state index contributed by atoms with van der Waals surface area (Å²) in [6, 6.07) is 15.3. The van der Waals surface area contributed by atoms with Gasteiger partial charge in [0.1, 0.15) is 5.52 Å². The third-order valence-electron chi connectivity index (χ3n) is 4.72. The van der Waals surface area contributed by atoms with Crippen LogP contribution in [0.25, 0.3) is 10.9 Å². The number of hydrogen-bond acceptors (Lipinski definition) is 5. The van der Waals surface area contributed by atoms with E-state index in [1.54, 1.807) is 6.07 Å². The third kappa shape index (κ3) is 3.77. The first-order chi connectivity index (χ1) is 12.7. The highest BCUT2D eigenvalue weighted by atomic mass is 35.5. The van der Waals surface area contributed by atoms with Crippen LogP contribution in [0.3, 0.4) is 0 Å². The van der Waals surface area contributed by atoms with Crippen LogP contribution in [0.5, 0.6) is 0 Å². The Morgan fingerprint density at radius 1 is 0.962 bits per heavy atom. The van der Waals surface area contributed by atoms with Crippen molar-refractivity contribution in [2.24, 2.45) is 0 Å². The lowest BCUT2D eigenvalue weighted by molar-refractivity contribution is 0.0961. The molecule has 0 bridgehead atoms. The Hall–Kier alpha value is -2.28. The maximum absolute atomic E-state index is 12.6. The van der Waals surface area contributed by atoms with Gasteiger partial charge >= 0.3 is 0 Å². The predicted molar refractivity (Wildman–Crippen MR) is 102 cm³/mol. The van der Waals surface area contributed by atoms with E-state index in [2.05, 4.69) is 26.2 Å². The van der Waals surface area contributed by atoms with Gasteiger partial charge in [-0.1, -0.05) is 41.1 Å². The fourth-order valence-electron chi connectivity index (χ4n) is 3.29. The van der Waals surface area contributed by atoms with Gasteiger partial charge in [0.2, 0.25) is 0 Å². The van der Waals surface area contributed by atoms with Gasteiger partial charge in [0, 0.05) is 37.7 Å². The number of fused-ring (bicyclic) bond motifs is 1. The average Bonchev–Trinajstić information content (AvgIpc) is 2.66. The summed E-state index contributed by atoms with van der Waals surface area (Å²) >= 11 is 6.06. The van der Waals surface area contributed by atoms with E-state index in [0.29, 0.717) is 17.6 Å². The van der Waals surface area contributed by atoms with Crippen LogP contribution in [0.4, 0.5) is 0 Å². The van der Waals surface area contributed by atoms with Crippen LogP contribution in [0.15, 0.2) is 53.3 Å². The number of nitrogens with zero attached hydrogens (tertiary/aromatic N) is 5. The Balaban J connectivity index is 1.38. The van der Waals surface area contributed by atoms with Crippen molar-refractivity contribution in [2.75, 3.05) is 26.2 Å². The SMILES string of the molecule is O=c1c2ccccc2nnn1CN1CCN(Cc2cccc(Cl)c2)CC1. The Bertz CT molecular complexity index is 965. The minimum Gasteiger partial charge on any atom is -0.297 e. The zero-order valence-corrected chi connectivity index (χ0v) is 15.1. The van der Waals surface area contributed by atoms with E-state index in [1.807, 2.05) is 36.4 Å². The Morgan fingerprint density at radius 3 is 2.54 bits per heavy atom. The van der Waals surface area contributed by atoms with Crippen molar-refractivity contribution < 1.29 is 0 Å². The van der Waals surface area contributed by atoms with Crippen LogP contribution in [0.2, 0.25) is 5.02 Å². The smallest absolute Gasteiger partial charge is 0.278 e. The van der Waals surface area contributed by atoms with Crippen molar-refractivity contribution in [2.45, 2.75) is 13.2 Å². The summed E-state index contributed by atoms with van der Waals surface area (Å²) in [7, 11) is 0. The van der Waals surface area contributed by atoms with Crippen molar-refractivity contribution >= 4 is 22.5 Å². The van der Waals surface area contributed by atoms with Crippen LogP contribution in [0.1, 0.15) is 5.56 Å². The van der Waals surface area contributed by atoms with E-state index in [0.717, 1.165) is 37.7 Å². The molecule has 2 aromatic carbocycles. The number of aromatic nitrogens is 3. The molecule has 1 aromatic heterocycles. The first-order valence-electron chi connectivity index (χ1n) is 8.71. The summed E-state index contributed by atoms with van der Waals surface area (Å²) in [5, 5.41) is 9.62. The zero-order chi connectivity index (χ0) is 17.9. The molecule has 0 atom stereocenters. The number of benzene rings is 2. The van der Waals surface area contributed by atoms with Crippen molar-refractivity contribution in [3.05, 3.63) is 69.5 Å². The van der Waals surface area contributed by atoms with Gasteiger partial charge in [-0.25, -0.2) is 0 Å². The molecule has 0 aliphatic carbocycles. The standard InChI is InChI=1S/C19H20ClN5O/c20-16-5-3-4-15(12-16)13-23-8-10-24(11-9-23)14-25-19(26)17-6-1-2-7-18(17)21-22-25/h1-7,12H,8-11,13-14H2. The summed E-state index contributed by atoms with van der Waals surface area (Å²) in [5.74, 6) is 0. The topological polar surface area (TPSA) is 54.3 Å². The number of hydrogen-bond donors (Lipinski definition) is 0. The van der Waals surface area contributed by atoms with Crippen molar-refractivity contribution in [3.8, 4) is 0 Å². The van der Waals surface area contributed by atoms with Crippen molar-refractivity contribution in [1.82, 2.24) is 24.8 Å². The lowest BCUT2D eigenvalue weighted by Crippen LogP contribution is -2.47. The largest absolute Gasteiger partial charge is 0.297 e. The summed E-state index contributed by atoms with van der Waals surface area (Å²) in [5.41, 5.74) is 1.78. The zero-order valence-electron chi connectivity index (χ0n) is 14.4. The van der Waals surface area contributed by atoms with E-state index in [9.17, 15) is 4.79 Å². The van der Waals surface area contributed by atoms with Gasteiger partial charge in [-0.05, 0) is 29.8 Å². The fourth-order valence-corrected chi connectivity index (χ4v) is 3.50. The second-order valence-corrected chi connectivity index (χ2v) is 7.01. The maximum Gasteiger partial charge on any atom is 0.278 e. The van der Waals surface area contributed by atoms with Crippen LogP contribution >= 0.6 is 11.6 Å². The minimum absolute atomic E-state index is 0.0862. The summed E-state index contributed by atoms with van der Waals surface area (Å²) in [6.07, 6.45) is 0. The van der Waals surface area contributed by atoms with Gasteiger partial charge in [0.15, 0.2) is 0 Å². The second-order valence-electron chi connectivity index (χ2n) is 6.58. The first kappa shape index (κ1) is 17.1. The Kier molecular flexibility index (Phi) is 4.97. The van der Waals surface area contributed by atoms with Crippen LogP contribution in [-0.4, -0.2) is 51.0 Å². The maximum atomic E-state index is 12.6. The van der Waals surface area contributed by atoms with E-state index >= 15 is 0 Å². The summed E-state index contributed by atoms with van der Waals surface area (Å²) in [4.78, 5) is 17.2. The molecule has 0 radical (unpaired) electrons. The van der Waals surface area contributed by atoms with Crippen LogP contribution < -0.4 is 5.56 Å². The molecule has 26 heavy (non-hydrogen) atoms. The van der Waals surface area contributed by atoms with Crippen LogP contribution in [-0.2, 0) is 13.2 Å². The number of halogens is 1. The molecular weight excluding hydrogens is 350 g/mol. The Morgan fingerprint density at radius 2 is 1.73 bits per heavy atom. The quantitative estimate of drug-likeness (QED) is 0.705. The highest BCUT2D eigenvalue weighted by Gasteiger charge is 2.18. The predicted octanol–water partition coefficient (Wildman–Crippen LogP) is 2.22. The molecule has 0 N–H and O–H groups in total. The third-order valence-corrected chi connectivity index (χ3v) is 4.96. The van der Waals surface area contributed by atoms with E-state index in [1.165, 1.54) is 10.2 Å². The molecule has 0 unspecified atom stereocenters. The molecule has 1 saturated heterocycles. The van der Waals surface area contributed by atoms with Gasteiger partial charge < -0.3 is 0 Å². The van der Waals surface area contributed by atoms with E-state index in [4.69, 9.17) is 11.6 Å². The molecule has 6 nitrogen and oxygen atoms in total. The molecular formula is C19H20ClN5O. The fraction of sp³-hybridized carbons (Fsp3) is 0.316. The normalized spacial score (nSPS) is 16.2. The molecule has 2 heterocycles. The van der Waals surface area contributed by atoms with Gasteiger partial charge in [-0.2, -0.15) is 4.68 Å². The number of rotatable bonds is 4. The summed E-state index contributed by atoms with van der Waals surface area (Å²) in [6.45, 7) is 5.04.